The minimum absolute atomic E-state index is 0.523. The highest BCUT2D eigenvalue weighted by Crippen LogP contribution is 2.33. The Morgan fingerprint density at radius 2 is 2.10 bits per heavy atom. The first-order valence-corrected chi connectivity index (χ1v) is 8.12. The minimum Gasteiger partial charge on any atom is -0.375 e. The van der Waals surface area contributed by atoms with Crippen LogP contribution in [0.5, 0.6) is 0 Å². The number of nitrogens with zero attached hydrogens (tertiary/aromatic N) is 2. The third kappa shape index (κ3) is 4.31. The Labute approximate surface area is 138 Å². The lowest BCUT2D eigenvalue weighted by Gasteiger charge is -2.15. The molecule has 0 aliphatic heterocycles. The van der Waals surface area contributed by atoms with Gasteiger partial charge in [-0.1, -0.05) is 29.3 Å². The molecule has 0 amide bonds. The fraction of sp³-hybridized carbons (Fsp3) is 0.357. The van der Waals surface area contributed by atoms with E-state index in [1.54, 1.807) is 6.07 Å². The average molecular weight is 345 g/mol. The van der Waals surface area contributed by atoms with Crippen molar-refractivity contribution in [3.05, 3.63) is 33.1 Å². The molecule has 0 saturated heterocycles. The number of halogens is 2. The van der Waals surface area contributed by atoms with Gasteiger partial charge in [-0.25, -0.2) is 4.98 Å². The van der Waals surface area contributed by atoms with Gasteiger partial charge in [0.2, 0.25) is 0 Å². The summed E-state index contributed by atoms with van der Waals surface area (Å²) in [4.78, 5) is 7.79. The summed E-state index contributed by atoms with van der Waals surface area (Å²) in [6, 6.07) is 5.53. The third-order valence-electron chi connectivity index (χ3n) is 3.06. The molecule has 0 radical (unpaired) electrons. The zero-order valence-electron chi connectivity index (χ0n) is 12.0. The number of likely N-dealkylation sites (N-methyl/N-ethyl adjacent to an activating group) is 2. The van der Waals surface area contributed by atoms with Crippen molar-refractivity contribution in [3.63, 3.8) is 0 Å². The van der Waals surface area contributed by atoms with Gasteiger partial charge in [-0.05, 0) is 26.2 Å². The molecule has 7 heteroatoms. The Bertz CT molecular complexity index is 615. The van der Waals surface area contributed by atoms with Gasteiger partial charge in [0, 0.05) is 30.1 Å². The highest BCUT2D eigenvalue weighted by Gasteiger charge is 2.14. The number of thiazole rings is 1. The largest absolute Gasteiger partial charge is 0.375 e. The highest BCUT2D eigenvalue weighted by molar-refractivity contribution is 7.15. The molecule has 0 bridgehead atoms. The number of hydrogen-bond acceptors (Lipinski definition) is 5. The number of nitrogens with one attached hydrogen (secondary N) is 1. The summed E-state index contributed by atoms with van der Waals surface area (Å²) < 4.78 is 0. The van der Waals surface area contributed by atoms with Crippen molar-refractivity contribution in [2.75, 3.05) is 32.9 Å². The lowest BCUT2D eigenvalue weighted by atomic mass is 10.1. The second-order valence-electron chi connectivity index (χ2n) is 4.79. The molecule has 0 fully saturated rings. The van der Waals surface area contributed by atoms with Gasteiger partial charge in [-0.15, -0.1) is 11.3 Å². The van der Waals surface area contributed by atoms with E-state index in [0.717, 1.165) is 35.8 Å². The summed E-state index contributed by atoms with van der Waals surface area (Å²) in [6.07, 6.45) is 0. The second-order valence-corrected chi connectivity index (χ2v) is 6.72. The molecular formula is C14H18Cl2N4S. The molecule has 0 aliphatic rings. The second kappa shape index (κ2) is 7.42. The smallest absolute Gasteiger partial charge is 0.180 e. The van der Waals surface area contributed by atoms with E-state index < -0.39 is 0 Å². The number of benzene rings is 1. The monoisotopic (exact) mass is 344 g/mol. The van der Waals surface area contributed by atoms with E-state index >= 15 is 0 Å². The van der Waals surface area contributed by atoms with Gasteiger partial charge in [-0.3, -0.25) is 4.90 Å². The van der Waals surface area contributed by atoms with Crippen molar-refractivity contribution < 1.29 is 0 Å². The molecule has 21 heavy (non-hydrogen) atoms. The lowest BCUT2D eigenvalue weighted by Crippen LogP contribution is -2.26. The van der Waals surface area contributed by atoms with E-state index in [9.17, 15) is 0 Å². The first-order valence-electron chi connectivity index (χ1n) is 6.55. The molecule has 0 unspecified atom stereocenters. The first kappa shape index (κ1) is 16.5. The molecule has 0 aliphatic carbocycles. The Hall–Kier alpha value is -0.850. The zero-order chi connectivity index (χ0) is 15.4. The Balaban J connectivity index is 2.25. The molecule has 0 atom stereocenters. The molecular weight excluding hydrogens is 327 g/mol. The van der Waals surface area contributed by atoms with Crippen molar-refractivity contribution in [2.45, 2.75) is 6.54 Å². The van der Waals surface area contributed by atoms with Crippen LogP contribution in [-0.2, 0) is 6.54 Å². The van der Waals surface area contributed by atoms with Crippen LogP contribution >= 0.6 is 34.5 Å². The summed E-state index contributed by atoms with van der Waals surface area (Å²) >= 11 is 13.6. The van der Waals surface area contributed by atoms with Gasteiger partial charge in [-0.2, -0.15) is 0 Å². The number of anilines is 1. The fourth-order valence-electron chi connectivity index (χ4n) is 1.97. The van der Waals surface area contributed by atoms with E-state index in [1.807, 2.05) is 19.2 Å². The van der Waals surface area contributed by atoms with E-state index in [2.05, 4.69) is 22.2 Å². The van der Waals surface area contributed by atoms with Gasteiger partial charge < -0.3 is 11.1 Å². The summed E-state index contributed by atoms with van der Waals surface area (Å²) in [7, 11) is 4.02. The molecule has 1 heterocycles. The lowest BCUT2D eigenvalue weighted by molar-refractivity contribution is 0.331. The van der Waals surface area contributed by atoms with E-state index in [1.165, 1.54) is 11.3 Å². The van der Waals surface area contributed by atoms with Crippen molar-refractivity contribution in [1.82, 2.24) is 15.2 Å². The quantitative estimate of drug-likeness (QED) is 0.843. The maximum atomic E-state index is 6.09. The van der Waals surface area contributed by atoms with Crippen LogP contribution in [0.25, 0.3) is 11.3 Å². The minimum atomic E-state index is 0.523. The topological polar surface area (TPSA) is 54.2 Å². The zero-order valence-corrected chi connectivity index (χ0v) is 14.3. The Morgan fingerprint density at radius 1 is 1.33 bits per heavy atom. The molecule has 2 aromatic rings. The van der Waals surface area contributed by atoms with Crippen molar-refractivity contribution >= 4 is 39.7 Å². The number of hydrogen-bond donors (Lipinski definition) is 2. The SMILES string of the molecule is CNCCN(C)Cc1sc(N)nc1-c1ccc(Cl)c(Cl)c1. The van der Waals surface area contributed by atoms with Crippen molar-refractivity contribution in [3.8, 4) is 11.3 Å². The molecule has 1 aromatic carbocycles. The van der Waals surface area contributed by atoms with Crippen LogP contribution in [0, 0.1) is 0 Å². The molecule has 1 aromatic heterocycles. The van der Waals surface area contributed by atoms with Gasteiger partial charge >= 0.3 is 0 Å². The Morgan fingerprint density at radius 3 is 2.76 bits per heavy atom. The van der Waals surface area contributed by atoms with E-state index in [-0.39, 0.29) is 0 Å². The normalized spacial score (nSPS) is 11.3. The summed E-state index contributed by atoms with van der Waals surface area (Å²) in [5, 5.41) is 4.76. The van der Waals surface area contributed by atoms with Gasteiger partial charge in [0.1, 0.15) is 0 Å². The van der Waals surface area contributed by atoms with Crippen molar-refractivity contribution in [1.29, 1.82) is 0 Å². The van der Waals surface area contributed by atoms with E-state index in [0.29, 0.717) is 15.2 Å². The van der Waals surface area contributed by atoms with Crippen LogP contribution in [0.2, 0.25) is 10.0 Å². The summed E-state index contributed by atoms with van der Waals surface area (Å²) in [5.41, 5.74) is 7.70. The summed E-state index contributed by atoms with van der Waals surface area (Å²) in [5.74, 6) is 0. The van der Waals surface area contributed by atoms with Gasteiger partial charge in [0.25, 0.3) is 0 Å². The van der Waals surface area contributed by atoms with Crippen LogP contribution < -0.4 is 11.1 Å². The van der Waals surface area contributed by atoms with Gasteiger partial charge in [0.05, 0.1) is 15.7 Å². The number of nitrogen functional groups attached to an aromatic ring is 1. The molecule has 4 nitrogen and oxygen atoms in total. The predicted octanol–water partition coefficient (Wildman–Crippen LogP) is 3.35. The molecule has 0 spiro atoms. The molecule has 0 saturated carbocycles. The van der Waals surface area contributed by atoms with Crippen molar-refractivity contribution in [2.24, 2.45) is 0 Å². The van der Waals surface area contributed by atoms with Crippen LogP contribution in [0.3, 0.4) is 0 Å². The average Bonchev–Trinajstić information content (AvgIpc) is 2.80. The molecule has 3 N–H and O–H groups in total. The Kier molecular flexibility index (Phi) is 5.84. The van der Waals surface area contributed by atoms with Crippen LogP contribution in [0.15, 0.2) is 18.2 Å². The molecule has 2 rings (SSSR count). The van der Waals surface area contributed by atoms with Crippen LogP contribution in [0.4, 0.5) is 5.13 Å². The number of rotatable bonds is 6. The summed E-state index contributed by atoms with van der Waals surface area (Å²) in [6.45, 7) is 2.69. The van der Waals surface area contributed by atoms with Gasteiger partial charge in [0.15, 0.2) is 5.13 Å². The number of nitrogens with two attached hydrogens (primary N) is 1. The predicted molar refractivity (Wildman–Crippen MR) is 92.2 cm³/mol. The maximum Gasteiger partial charge on any atom is 0.180 e. The third-order valence-corrected chi connectivity index (χ3v) is 4.67. The first-order chi connectivity index (χ1) is 10.0. The van der Waals surface area contributed by atoms with Crippen LogP contribution in [-0.4, -0.2) is 37.1 Å². The van der Waals surface area contributed by atoms with Crippen LogP contribution in [0.1, 0.15) is 4.88 Å². The maximum absolute atomic E-state index is 6.09. The van der Waals surface area contributed by atoms with E-state index in [4.69, 9.17) is 28.9 Å². The number of aromatic nitrogens is 1. The highest BCUT2D eigenvalue weighted by atomic mass is 35.5. The molecule has 114 valence electrons. The standard InChI is InChI=1S/C14H18Cl2N4S/c1-18-5-6-20(2)8-12-13(19-14(17)21-12)9-3-4-10(15)11(16)7-9/h3-4,7,18H,5-6,8H2,1-2H3,(H2,17,19). The fourth-order valence-corrected chi connectivity index (χ4v) is 3.21.